The van der Waals surface area contributed by atoms with Gasteiger partial charge in [-0.2, -0.15) is 0 Å². The smallest absolute Gasteiger partial charge is 0.237 e. The molecule has 0 aliphatic heterocycles. The van der Waals surface area contributed by atoms with E-state index in [0.717, 1.165) is 25.8 Å². The minimum atomic E-state index is -0.784. The van der Waals surface area contributed by atoms with E-state index in [1.807, 2.05) is 0 Å². The molecule has 0 aromatic heterocycles. The van der Waals surface area contributed by atoms with Gasteiger partial charge in [-0.3, -0.25) is 9.59 Å². The summed E-state index contributed by atoms with van der Waals surface area (Å²) in [5.74, 6) is -0.471. The van der Waals surface area contributed by atoms with Gasteiger partial charge in [0.1, 0.15) is 0 Å². The zero-order valence-corrected chi connectivity index (χ0v) is 13.1. The lowest BCUT2D eigenvalue weighted by Crippen LogP contribution is -2.44. The topological polar surface area (TPSA) is 122 Å². The van der Waals surface area contributed by atoms with E-state index in [4.69, 9.17) is 11.5 Å². The number of amides is 2. The van der Waals surface area contributed by atoms with Crippen molar-refractivity contribution in [3.05, 3.63) is 0 Å². The molecule has 0 aromatic rings. The Hall–Kier alpha value is -1.18. The summed E-state index contributed by atoms with van der Waals surface area (Å²) in [5.41, 5.74) is 11.0. The van der Waals surface area contributed by atoms with Crippen molar-refractivity contribution >= 4 is 11.8 Å². The number of carbonyl (C=O) groups is 2. The number of hydrogen-bond donors (Lipinski definition) is 5. The molecule has 0 fully saturated rings. The number of unbranched alkanes of at least 4 members (excludes halogenated alkanes) is 3. The van der Waals surface area contributed by atoms with Gasteiger partial charge in [0.15, 0.2) is 0 Å². The second-order valence-electron chi connectivity index (χ2n) is 5.05. The molecule has 2 amide bonds. The van der Waals surface area contributed by atoms with E-state index in [2.05, 4.69) is 22.9 Å². The fourth-order valence-electron chi connectivity index (χ4n) is 1.78. The summed E-state index contributed by atoms with van der Waals surface area (Å²) >= 11 is 0. The van der Waals surface area contributed by atoms with E-state index in [-0.39, 0.29) is 18.2 Å². The van der Waals surface area contributed by atoms with Gasteiger partial charge in [0, 0.05) is 32.7 Å². The van der Waals surface area contributed by atoms with Crippen LogP contribution >= 0.6 is 0 Å². The van der Waals surface area contributed by atoms with Gasteiger partial charge in [-0.1, -0.05) is 26.2 Å². The molecule has 7 N–H and O–H groups in total. The Morgan fingerprint density at radius 1 is 1.00 bits per heavy atom. The number of hydrogen-bond acceptors (Lipinski definition) is 5. The minimum Gasteiger partial charge on any atom is -0.355 e. The Labute approximate surface area is 127 Å². The summed E-state index contributed by atoms with van der Waals surface area (Å²) < 4.78 is 0. The van der Waals surface area contributed by atoms with Crippen molar-refractivity contribution in [1.29, 1.82) is 0 Å². The van der Waals surface area contributed by atoms with Gasteiger partial charge in [0.25, 0.3) is 0 Å². The van der Waals surface area contributed by atoms with Crippen molar-refractivity contribution < 1.29 is 9.59 Å². The summed E-state index contributed by atoms with van der Waals surface area (Å²) in [6.45, 7) is 5.20. The molecule has 21 heavy (non-hydrogen) atoms. The highest BCUT2D eigenvalue weighted by Crippen LogP contribution is 1.97. The SMILES string of the molecule is CCCCCCNC(=O)[C@@H](N)CC(=O)NCCNCCN. The van der Waals surface area contributed by atoms with Crippen molar-refractivity contribution in [2.45, 2.75) is 45.1 Å². The first kappa shape index (κ1) is 19.8. The third-order valence-corrected chi connectivity index (χ3v) is 3.02. The fourth-order valence-corrected chi connectivity index (χ4v) is 1.78. The highest BCUT2D eigenvalue weighted by Gasteiger charge is 2.16. The van der Waals surface area contributed by atoms with Crippen molar-refractivity contribution in [2.24, 2.45) is 11.5 Å². The van der Waals surface area contributed by atoms with E-state index in [9.17, 15) is 9.59 Å². The first-order chi connectivity index (χ1) is 10.1. The average molecular weight is 301 g/mol. The maximum Gasteiger partial charge on any atom is 0.237 e. The lowest BCUT2D eigenvalue weighted by atomic mass is 10.2. The maximum atomic E-state index is 11.7. The molecular weight excluding hydrogens is 270 g/mol. The van der Waals surface area contributed by atoms with Crippen LogP contribution in [0.15, 0.2) is 0 Å². The van der Waals surface area contributed by atoms with Crippen molar-refractivity contribution in [2.75, 3.05) is 32.7 Å². The molecule has 7 heteroatoms. The van der Waals surface area contributed by atoms with Crippen LogP contribution in [0.1, 0.15) is 39.0 Å². The number of nitrogens with two attached hydrogens (primary N) is 2. The Kier molecular flexibility index (Phi) is 13.0. The third-order valence-electron chi connectivity index (χ3n) is 3.02. The molecule has 0 aliphatic carbocycles. The van der Waals surface area contributed by atoms with Crippen LogP contribution in [0.2, 0.25) is 0 Å². The summed E-state index contributed by atoms with van der Waals surface area (Å²) in [6.07, 6.45) is 4.39. The molecule has 0 aromatic carbocycles. The molecule has 0 radical (unpaired) electrons. The third kappa shape index (κ3) is 12.3. The second kappa shape index (κ2) is 13.8. The molecule has 7 nitrogen and oxygen atoms in total. The standard InChI is InChI=1S/C14H31N5O2/c1-2-3-4-5-7-19-14(21)12(16)11-13(20)18-10-9-17-8-6-15/h12,17H,2-11,15-16H2,1H3,(H,18,20)(H,19,21)/t12-/m0/s1. The summed E-state index contributed by atoms with van der Waals surface area (Å²) in [4.78, 5) is 23.3. The molecular formula is C14H31N5O2. The van der Waals surface area contributed by atoms with Crippen molar-refractivity contribution in [1.82, 2.24) is 16.0 Å². The van der Waals surface area contributed by atoms with Crippen molar-refractivity contribution in [3.8, 4) is 0 Å². The second-order valence-corrected chi connectivity index (χ2v) is 5.05. The van der Waals surface area contributed by atoms with Crippen LogP contribution in [0.3, 0.4) is 0 Å². The number of nitrogens with one attached hydrogen (secondary N) is 3. The Morgan fingerprint density at radius 3 is 2.43 bits per heavy atom. The zero-order chi connectivity index (χ0) is 15.9. The van der Waals surface area contributed by atoms with E-state index < -0.39 is 6.04 Å². The van der Waals surface area contributed by atoms with Crippen LogP contribution in [-0.2, 0) is 9.59 Å². The van der Waals surface area contributed by atoms with Gasteiger partial charge in [-0.25, -0.2) is 0 Å². The molecule has 0 heterocycles. The number of rotatable bonds is 13. The van der Waals surface area contributed by atoms with Gasteiger partial charge >= 0.3 is 0 Å². The lowest BCUT2D eigenvalue weighted by molar-refractivity contribution is -0.127. The zero-order valence-electron chi connectivity index (χ0n) is 13.1. The summed E-state index contributed by atoms with van der Waals surface area (Å²) in [6, 6.07) is -0.784. The molecule has 124 valence electrons. The molecule has 0 bridgehead atoms. The molecule has 0 unspecified atom stereocenters. The van der Waals surface area contributed by atoms with Gasteiger partial charge in [0.05, 0.1) is 12.5 Å². The largest absolute Gasteiger partial charge is 0.355 e. The van der Waals surface area contributed by atoms with Gasteiger partial charge in [-0.15, -0.1) is 0 Å². The molecule has 0 aliphatic rings. The summed E-state index contributed by atoms with van der Waals surface area (Å²) in [5, 5.41) is 8.53. The Bertz CT molecular complexity index is 287. The molecule has 0 spiro atoms. The summed E-state index contributed by atoms with van der Waals surface area (Å²) in [7, 11) is 0. The van der Waals surface area contributed by atoms with Crippen molar-refractivity contribution in [3.63, 3.8) is 0 Å². The van der Waals surface area contributed by atoms with Crippen LogP contribution in [0, 0.1) is 0 Å². The highest BCUT2D eigenvalue weighted by atomic mass is 16.2. The fraction of sp³-hybridized carbons (Fsp3) is 0.857. The quantitative estimate of drug-likeness (QED) is 0.281. The van der Waals surface area contributed by atoms with Crippen LogP contribution in [-0.4, -0.2) is 50.6 Å². The van der Waals surface area contributed by atoms with E-state index in [1.165, 1.54) is 6.42 Å². The van der Waals surface area contributed by atoms with Gasteiger partial charge in [-0.05, 0) is 6.42 Å². The maximum absolute atomic E-state index is 11.7. The van der Waals surface area contributed by atoms with Crippen LogP contribution in [0.4, 0.5) is 0 Å². The Morgan fingerprint density at radius 2 is 1.76 bits per heavy atom. The van der Waals surface area contributed by atoms with E-state index in [1.54, 1.807) is 0 Å². The van der Waals surface area contributed by atoms with E-state index in [0.29, 0.717) is 26.2 Å². The monoisotopic (exact) mass is 301 g/mol. The number of carbonyl (C=O) groups excluding carboxylic acids is 2. The Balaban J connectivity index is 3.62. The first-order valence-electron chi connectivity index (χ1n) is 7.82. The average Bonchev–Trinajstić information content (AvgIpc) is 2.46. The molecule has 1 atom stereocenters. The molecule has 0 rings (SSSR count). The van der Waals surface area contributed by atoms with E-state index >= 15 is 0 Å². The normalized spacial score (nSPS) is 12.0. The van der Waals surface area contributed by atoms with Gasteiger partial charge in [0.2, 0.25) is 11.8 Å². The molecule has 0 saturated heterocycles. The van der Waals surface area contributed by atoms with Crippen LogP contribution in [0.5, 0.6) is 0 Å². The van der Waals surface area contributed by atoms with Crippen LogP contribution in [0.25, 0.3) is 0 Å². The van der Waals surface area contributed by atoms with Crippen LogP contribution < -0.4 is 27.4 Å². The predicted molar refractivity (Wildman–Crippen MR) is 84.7 cm³/mol. The first-order valence-corrected chi connectivity index (χ1v) is 7.82. The minimum absolute atomic E-state index is 0.0116. The lowest BCUT2D eigenvalue weighted by Gasteiger charge is -2.12. The highest BCUT2D eigenvalue weighted by molar-refractivity contribution is 5.88. The molecule has 0 saturated carbocycles. The predicted octanol–water partition coefficient (Wildman–Crippen LogP) is -0.935. The van der Waals surface area contributed by atoms with Gasteiger partial charge < -0.3 is 27.4 Å².